The molecule has 1 aromatic rings. The molecule has 0 saturated carbocycles. The second-order valence-corrected chi connectivity index (χ2v) is 3.93. The standard InChI is InChI=1S/C8H10O5S/c1-2-13-7-4-3-6(9)5-8(7)14(10,11)12/h3-5,9H,2H2,1H3,(H,10,11,12). The van der Waals surface area contributed by atoms with E-state index in [1.54, 1.807) is 6.92 Å². The number of benzene rings is 1. The first-order valence-corrected chi connectivity index (χ1v) is 5.32. The van der Waals surface area contributed by atoms with Gasteiger partial charge in [0.05, 0.1) is 6.61 Å². The molecule has 78 valence electrons. The highest BCUT2D eigenvalue weighted by Crippen LogP contribution is 2.27. The van der Waals surface area contributed by atoms with Gasteiger partial charge in [-0.1, -0.05) is 0 Å². The van der Waals surface area contributed by atoms with E-state index in [1.807, 2.05) is 0 Å². The minimum Gasteiger partial charge on any atom is -0.508 e. The van der Waals surface area contributed by atoms with Gasteiger partial charge in [0.1, 0.15) is 16.4 Å². The zero-order chi connectivity index (χ0) is 10.8. The van der Waals surface area contributed by atoms with Gasteiger partial charge < -0.3 is 9.84 Å². The van der Waals surface area contributed by atoms with E-state index in [4.69, 9.17) is 14.4 Å². The van der Waals surface area contributed by atoms with Crippen LogP contribution in [0.15, 0.2) is 23.1 Å². The lowest BCUT2D eigenvalue weighted by atomic mass is 10.3. The molecule has 0 bridgehead atoms. The minimum absolute atomic E-state index is 0.0211. The summed E-state index contributed by atoms with van der Waals surface area (Å²) < 4.78 is 35.5. The van der Waals surface area contributed by atoms with Crippen molar-refractivity contribution in [2.24, 2.45) is 0 Å². The third-order valence-electron chi connectivity index (χ3n) is 1.51. The summed E-state index contributed by atoms with van der Waals surface area (Å²) in [6, 6.07) is 3.49. The molecule has 0 spiro atoms. The molecule has 0 heterocycles. The molecule has 2 N–H and O–H groups in total. The molecule has 0 radical (unpaired) electrons. The van der Waals surface area contributed by atoms with Gasteiger partial charge in [0.15, 0.2) is 0 Å². The van der Waals surface area contributed by atoms with Crippen LogP contribution < -0.4 is 4.74 Å². The summed E-state index contributed by atoms with van der Waals surface area (Å²) in [6.45, 7) is 1.95. The molecule has 0 amide bonds. The summed E-state index contributed by atoms with van der Waals surface area (Å²) in [5.41, 5.74) is 0. The molecule has 14 heavy (non-hydrogen) atoms. The molecular weight excluding hydrogens is 208 g/mol. The van der Waals surface area contributed by atoms with Crippen LogP contribution in [0, 0.1) is 0 Å². The predicted molar refractivity (Wildman–Crippen MR) is 49.1 cm³/mol. The van der Waals surface area contributed by atoms with Crippen LogP contribution in [0.2, 0.25) is 0 Å². The summed E-state index contributed by atoms with van der Waals surface area (Å²) in [4.78, 5) is -0.431. The zero-order valence-corrected chi connectivity index (χ0v) is 8.28. The van der Waals surface area contributed by atoms with E-state index in [2.05, 4.69) is 0 Å². The van der Waals surface area contributed by atoms with E-state index < -0.39 is 15.0 Å². The number of hydrogen-bond acceptors (Lipinski definition) is 4. The molecule has 5 nitrogen and oxygen atoms in total. The lowest BCUT2D eigenvalue weighted by Crippen LogP contribution is -2.03. The average molecular weight is 218 g/mol. The first kappa shape index (κ1) is 10.8. The van der Waals surface area contributed by atoms with Crippen LogP contribution in [-0.4, -0.2) is 24.7 Å². The average Bonchev–Trinajstić information content (AvgIpc) is 2.07. The maximum absolute atomic E-state index is 10.8. The Morgan fingerprint density at radius 1 is 1.43 bits per heavy atom. The molecule has 0 aromatic heterocycles. The van der Waals surface area contributed by atoms with Gasteiger partial charge in [-0.3, -0.25) is 4.55 Å². The molecule has 0 aliphatic heterocycles. The maximum atomic E-state index is 10.8. The molecule has 0 aliphatic rings. The Labute approximate surface area is 81.7 Å². The summed E-state index contributed by atoms with van der Waals surface area (Å²) in [5.74, 6) is -0.228. The Morgan fingerprint density at radius 2 is 2.07 bits per heavy atom. The number of hydrogen-bond donors (Lipinski definition) is 2. The predicted octanol–water partition coefficient (Wildman–Crippen LogP) is 1.04. The van der Waals surface area contributed by atoms with Gasteiger partial charge in [-0.25, -0.2) is 0 Å². The van der Waals surface area contributed by atoms with Gasteiger partial charge >= 0.3 is 0 Å². The van der Waals surface area contributed by atoms with Crippen molar-refractivity contribution < 1.29 is 22.8 Å². The van der Waals surface area contributed by atoms with Crippen LogP contribution in [0.5, 0.6) is 11.5 Å². The normalized spacial score (nSPS) is 11.3. The second kappa shape index (κ2) is 3.85. The SMILES string of the molecule is CCOc1ccc(O)cc1S(=O)(=O)O. The molecule has 6 heteroatoms. The van der Waals surface area contributed by atoms with Crippen LogP contribution in [0.4, 0.5) is 0 Å². The van der Waals surface area contributed by atoms with Gasteiger partial charge in [-0.2, -0.15) is 8.42 Å². The van der Waals surface area contributed by atoms with Crippen molar-refractivity contribution in [2.75, 3.05) is 6.61 Å². The van der Waals surface area contributed by atoms with Gasteiger partial charge in [-0.05, 0) is 19.1 Å². The molecule has 1 aromatic carbocycles. The van der Waals surface area contributed by atoms with Crippen molar-refractivity contribution >= 4 is 10.1 Å². The Morgan fingerprint density at radius 3 is 2.57 bits per heavy atom. The summed E-state index contributed by atoms with van der Waals surface area (Å²) in [6.07, 6.45) is 0. The third kappa shape index (κ3) is 2.36. The maximum Gasteiger partial charge on any atom is 0.298 e. The number of rotatable bonds is 3. The Hall–Kier alpha value is -1.27. The van der Waals surface area contributed by atoms with Crippen LogP contribution in [0.3, 0.4) is 0 Å². The Bertz CT molecular complexity index is 423. The highest BCUT2D eigenvalue weighted by atomic mass is 32.2. The quantitative estimate of drug-likeness (QED) is 0.740. The highest BCUT2D eigenvalue weighted by molar-refractivity contribution is 7.86. The monoisotopic (exact) mass is 218 g/mol. The fourth-order valence-corrected chi connectivity index (χ4v) is 1.62. The zero-order valence-electron chi connectivity index (χ0n) is 7.47. The second-order valence-electron chi connectivity index (χ2n) is 2.54. The smallest absolute Gasteiger partial charge is 0.298 e. The van der Waals surface area contributed by atoms with Crippen LogP contribution in [0.25, 0.3) is 0 Å². The van der Waals surface area contributed by atoms with E-state index in [-0.39, 0.29) is 18.1 Å². The Kier molecular flexibility index (Phi) is 2.97. The van der Waals surface area contributed by atoms with Gasteiger partial charge in [0.25, 0.3) is 10.1 Å². The fourth-order valence-electron chi connectivity index (χ4n) is 0.973. The van der Waals surface area contributed by atoms with Crippen LogP contribution in [-0.2, 0) is 10.1 Å². The largest absolute Gasteiger partial charge is 0.508 e. The van der Waals surface area contributed by atoms with Crippen molar-refractivity contribution in [2.45, 2.75) is 11.8 Å². The van der Waals surface area contributed by atoms with Crippen LogP contribution in [0.1, 0.15) is 6.92 Å². The van der Waals surface area contributed by atoms with Crippen molar-refractivity contribution in [3.05, 3.63) is 18.2 Å². The van der Waals surface area contributed by atoms with E-state index >= 15 is 0 Å². The van der Waals surface area contributed by atoms with Crippen molar-refractivity contribution in [1.82, 2.24) is 0 Å². The van der Waals surface area contributed by atoms with Crippen molar-refractivity contribution in [3.8, 4) is 11.5 Å². The van der Waals surface area contributed by atoms with Crippen molar-refractivity contribution in [1.29, 1.82) is 0 Å². The molecule has 0 unspecified atom stereocenters. The first-order valence-electron chi connectivity index (χ1n) is 3.88. The Balaban J connectivity index is 3.30. The molecular formula is C8H10O5S. The lowest BCUT2D eigenvalue weighted by molar-refractivity contribution is 0.328. The van der Waals surface area contributed by atoms with Gasteiger partial charge in [-0.15, -0.1) is 0 Å². The summed E-state index contributed by atoms with van der Waals surface area (Å²) in [7, 11) is -4.36. The van der Waals surface area contributed by atoms with Crippen molar-refractivity contribution in [3.63, 3.8) is 0 Å². The molecule has 1 rings (SSSR count). The third-order valence-corrected chi connectivity index (χ3v) is 2.38. The van der Waals surface area contributed by atoms with E-state index in [0.717, 1.165) is 6.07 Å². The minimum atomic E-state index is -4.36. The van der Waals surface area contributed by atoms with E-state index in [9.17, 15) is 8.42 Å². The topological polar surface area (TPSA) is 83.8 Å². The van der Waals surface area contributed by atoms with E-state index in [0.29, 0.717) is 0 Å². The number of aromatic hydroxyl groups is 1. The molecule has 0 aliphatic carbocycles. The summed E-state index contributed by atoms with van der Waals surface area (Å²) >= 11 is 0. The fraction of sp³-hybridized carbons (Fsp3) is 0.250. The number of phenolic OH excluding ortho intramolecular Hbond substituents is 1. The molecule has 0 fully saturated rings. The lowest BCUT2D eigenvalue weighted by Gasteiger charge is -2.07. The number of phenols is 1. The number of ether oxygens (including phenoxy) is 1. The first-order chi connectivity index (χ1) is 6.45. The van der Waals surface area contributed by atoms with Gasteiger partial charge in [0, 0.05) is 6.07 Å². The molecule has 0 saturated heterocycles. The molecule has 0 atom stereocenters. The van der Waals surface area contributed by atoms with E-state index in [1.165, 1.54) is 12.1 Å². The highest BCUT2D eigenvalue weighted by Gasteiger charge is 2.17. The van der Waals surface area contributed by atoms with Crippen LogP contribution >= 0.6 is 0 Å². The summed E-state index contributed by atoms with van der Waals surface area (Å²) in [5, 5.41) is 9.04. The van der Waals surface area contributed by atoms with Gasteiger partial charge in [0.2, 0.25) is 0 Å².